The van der Waals surface area contributed by atoms with Gasteiger partial charge in [0.15, 0.2) is 0 Å². The highest BCUT2D eigenvalue weighted by molar-refractivity contribution is 8.00. The largest absolute Gasteiger partial charge is 0.480 e. The van der Waals surface area contributed by atoms with Gasteiger partial charge < -0.3 is 10.4 Å². The van der Waals surface area contributed by atoms with Gasteiger partial charge in [-0.2, -0.15) is 5.10 Å². The van der Waals surface area contributed by atoms with Crippen LogP contribution in [0.25, 0.3) is 0 Å². The summed E-state index contributed by atoms with van der Waals surface area (Å²) in [7, 11) is 1.78. The van der Waals surface area contributed by atoms with E-state index < -0.39 is 12.0 Å². The van der Waals surface area contributed by atoms with Gasteiger partial charge in [-0.3, -0.25) is 9.58 Å². The van der Waals surface area contributed by atoms with Crippen molar-refractivity contribution in [3.63, 3.8) is 0 Å². The van der Waals surface area contributed by atoms with Crippen LogP contribution in [-0.2, 0) is 11.8 Å². The van der Waals surface area contributed by atoms with Gasteiger partial charge >= 0.3 is 12.0 Å². The summed E-state index contributed by atoms with van der Waals surface area (Å²) in [4.78, 5) is 25.4. The van der Waals surface area contributed by atoms with E-state index in [1.165, 1.54) is 4.90 Å². The van der Waals surface area contributed by atoms with E-state index in [4.69, 9.17) is 0 Å². The zero-order valence-electron chi connectivity index (χ0n) is 11.9. The van der Waals surface area contributed by atoms with Gasteiger partial charge in [-0.25, -0.2) is 9.59 Å². The van der Waals surface area contributed by atoms with Crippen molar-refractivity contribution in [1.29, 1.82) is 0 Å². The Bertz CT molecular complexity index is 584. The van der Waals surface area contributed by atoms with E-state index >= 15 is 0 Å². The Morgan fingerprint density at radius 3 is 2.71 bits per heavy atom. The fourth-order valence-electron chi connectivity index (χ4n) is 2.62. The molecule has 1 aromatic rings. The van der Waals surface area contributed by atoms with Crippen molar-refractivity contribution in [3.8, 4) is 0 Å². The molecule has 1 aromatic heterocycles. The van der Waals surface area contributed by atoms with E-state index in [-0.39, 0.29) is 11.4 Å². The molecule has 1 aliphatic carbocycles. The number of amides is 2. The third-order valence-electron chi connectivity index (χ3n) is 3.83. The van der Waals surface area contributed by atoms with E-state index in [1.54, 1.807) is 36.6 Å². The standard InChI is InChI=1S/C13H18N4O3S/c1-7-9(5-16(2)15-7)14-13(20)17-10(12(18)19)6-21-11(17)8-3-4-8/h5,8,10-11H,3-4,6H2,1-2H3,(H,14,20)(H,18,19). The molecular formula is C13H18N4O3S. The van der Waals surface area contributed by atoms with Crippen molar-refractivity contribution in [2.45, 2.75) is 31.2 Å². The SMILES string of the molecule is Cc1nn(C)cc1NC(=O)N1C(C(=O)O)CSC1C1CC1. The highest BCUT2D eigenvalue weighted by atomic mass is 32.2. The first kappa shape index (κ1) is 14.2. The van der Waals surface area contributed by atoms with Crippen molar-refractivity contribution >= 4 is 29.4 Å². The Kier molecular flexibility index (Phi) is 3.56. The van der Waals surface area contributed by atoms with Gasteiger partial charge in [0, 0.05) is 19.0 Å². The van der Waals surface area contributed by atoms with Crippen LogP contribution >= 0.6 is 11.8 Å². The number of hydrogen-bond acceptors (Lipinski definition) is 4. The van der Waals surface area contributed by atoms with Crippen LogP contribution in [0.15, 0.2) is 6.20 Å². The van der Waals surface area contributed by atoms with Crippen LogP contribution in [0.1, 0.15) is 18.5 Å². The van der Waals surface area contributed by atoms with E-state index in [2.05, 4.69) is 10.4 Å². The van der Waals surface area contributed by atoms with Crippen LogP contribution < -0.4 is 5.32 Å². The number of anilines is 1. The molecule has 2 heterocycles. The minimum Gasteiger partial charge on any atom is -0.480 e. The summed E-state index contributed by atoms with van der Waals surface area (Å²) < 4.78 is 1.62. The molecular weight excluding hydrogens is 292 g/mol. The quantitative estimate of drug-likeness (QED) is 0.883. The van der Waals surface area contributed by atoms with Crippen molar-refractivity contribution < 1.29 is 14.7 Å². The molecule has 2 N–H and O–H groups in total. The van der Waals surface area contributed by atoms with Crippen LogP contribution in [0.2, 0.25) is 0 Å². The summed E-state index contributed by atoms with van der Waals surface area (Å²) in [6.45, 7) is 1.81. The molecule has 3 rings (SSSR count). The summed E-state index contributed by atoms with van der Waals surface area (Å²) in [6.07, 6.45) is 3.86. The summed E-state index contributed by atoms with van der Waals surface area (Å²) >= 11 is 1.57. The maximum Gasteiger partial charge on any atom is 0.327 e. The second-order valence-corrected chi connectivity index (χ2v) is 6.70. The zero-order valence-corrected chi connectivity index (χ0v) is 12.8. The molecule has 1 aliphatic heterocycles. The number of hydrogen-bond donors (Lipinski definition) is 2. The number of aliphatic carboxylic acids is 1. The molecule has 1 saturated carbocycles. The molecule has 0 aromatic carbocycles. The van der Waals surface area contributed by atoms with E-state index in [9.17, 15) is 14.7 Å². The molecule has 21 heavy (non-hydrogen) atoms. The Labute approximate surface area is 126 Å². The van der Waals surface area contributed by atoms with Crippen LogP contribution in [0.5, 0.6) is 0 Å². The molecule has 7 nitrogen and oxygen atoms in total. The van der Waals surface area contributed by atoms with Crippen molar-refractivity contribution in [3.05, 3.63) is 11.9 Å². The lowest BCUT2D eigenvalue weighted by molar-refractivity contribution is -0.141. The van der Waals surface area contributed by atoms with Gasteiger partial charge in [-0.1, -0.05) is 0 Å². The number of thioether (sulfide) groups is 1. The number of carboxylic acid groups (broad SMARTS) is 1. The zero-order chi connectivity index (χ0) is 15.1. The average molecular weight is 310 g/mol. The minimum atomic E-state index is -0.941. The second kappa shape index (κ2) is 5.25. The highest BCUT2D eigenvalue weighted by Gasteiger charge is 2.48. The van der Waals surface area contributed by atoms with Crippen molar-refractivity contribution in [2.75, 3.05) is 11.1 Å². The summed E-state index contributed by atoms with van der Waals surface area (Å²) in [5, 5.41) is 16.3. The Balaban J connectivity index is 1.79. The normalized spacial score (nSPS) is 25.1. The van der Waals surface area contributed by atoms with Crippen molar-refractivity contribution in [1.82, 2.24) is 14.7 Å². The number of carboxylic acids is 1. The lowest BCUT2D eigenvalue weighted by Crippen LogP contribution is -2.48. The first-order valence-electron chi connectivity index (χ1n) is 6.91. The monoisotopic (exact) mass is 310 g/mol. The number of carbonyl (C=O) groups excluding carboxylic acids is 1. The Morgan fingerprint density at radius 2 is 2.19 bits per heavy atom. The average Bonchev–Trinajstić information content (AvgIpc) is 3.07. The summed E-state index contributed by atoms with van der Waals surface area (Å²) in [5.41, 5.74) is 1.34. The molecule has 2 amide bonds. The summed E-state index contributed by atoms with van der Waals surface area (Å²) in [6, 6.07) is -1.10. The van der Waals surface area contributed by atoms with Crippen LogP contribution in [0.3, 0.4) is 0 Å². The fraction of sp³-hybridized carbons (Fsp3) is 0.615. The Hall–Kier alpha value is -1.70. The molecule has 8 heteroatoms. The van der Waals surface area contributed by atoms with E-state index in [0.717, 1.165) is 12.8 Å². The number of carbonyl (C=O) groups is 2. The topological polar surface area (TPSA) is 87.5 Å². The molecule has 2 aliphatic rings. The predicted molar refractivity (Wildman–Crippen MR) is 79.2 cm³/mol. The molecule has 2 unspecified atom stereocenters. The predicted octanol–water partition coefficient (Wildman–Crippen LogP) is 1.50. The first-order valence-corrected chi connectivity index (χ1v) is 7.96. The Morgan fingerprint density at radius 1 is 1.48 bits per heavy atom. The molecule has 1 saturated heterocycles. The third-order valence-corrected chi connectivity index (χ3v) is 5.30. The lowest BCUT2D eigenvalue weighted by Gasteiger charge is -2.27. The van der Waals surface area contributed by atoms with Gasteiger partial charge in [-0.15, -0.1) is 11.8 Å². The highest BCUT2D eigenvalue weighted by Crippen LogP contribution is 2.45. The summed E-state index contributed by atoms with van der Waals surface area (Å²) in [5.74, 6) is -0.0561. The minimum absolute atomic E-state index is 0.0249. The molecule has 0 radical (unpaired) electrons. The van der Waals surface area contributed by atoms with Gasteiger partial charge in [0.25, 0.3) is 0 Å². The van der Waals surface area contributed by atoms with Crippen molar-refractivity contribution in [2.24, 2.45) is 13.0 Å². The molecule has 0 bridgehead atoms. The first-order chi connectivity index (χ1) is 9.97. The van der Waals surface area contributed by atoms with Crippen LogP contribution in [0.4, 0.5) is 10.5 Å². The molecule has 0 spiro atoms. The third kappa shape index (κ3) is 2.72. The number of aromatic nitrogens is 2. The number of rotatable bonds is 3. The van der Waals surface area contributed by atoms with E-state index in [1.807, 2.05) is 0 Å². The fourth-order valence-corrected chi connectivity index (χ4v) is 4.25. The maximum absolute atomic E-state index is 12.5. The maximum atomic E-state index is 12.5. The second-order valence-electron chi connectivity index (χ2n) is 5.55. The number of nitrogens with one attached hydrogen (secondary N) is 1. The number of aryl methyl sites for hydroxylation is 2. The smallest absolute Gasteiger partial charge is 0.327 e. The number of urea groups is 1. The van der Waals surface area contributed by atoms with Gasteiger partial charge in [0.1, 0.15) is 6.04 Å². The molecule has 114 valence electrons. The van der Waals surface area contributed by atoms with Crippen LogP contribution in [-0.4, -0.2) is 49.0 Å². The van der Waals surface area contributed by atoms with Gasteiger partial charge in [0.2, 0.25) is 0 Å². The molecule has 2 atom stereocenters. The van der Waals surface area contributed by atoms with Crippen LogP contribution in [0, 0.1) is 12.8 Å². The van der Waals surface area contributed by atoms with Gasteiger partial charge in [-0.05, 0) is 25.7 Å². The molecule has 2 fully saturated rings. The lowest BCUT2D eigenvalue weighted by atomic mass is 10.2. The van der Waals surface area contributed by atoms with E-state index in [0.29, 0.717) is 23.1 Å². The number of nitrogens with zero attached hydrogens (tertiary/aromatic N) is 3. The van der Waals surface area contributed by atoms with Gasteiger partial charge in [0.05, 0.1) is 16.8 Å².